The van der Waals surface area contributed by atoms with Gasteiger partial charge in [0.15, 0.2) is 5.78 Å². The number of carbonyl (C=O) groups is 1. The van der Waals surface area contributed by atoms with Gasteiger partial charge in [0.1, 0.15) is 5.76 Å². The van der Waals surface area contributed by atoms with Crippen molar-refractivity contribution in [1.29, 1.82) is 0 Å². The molecule has 6 rings (SSSR count). The highest BCUT2D eigenvalue weighted by Gasteiger charge is 2.36. The molecule has 5 heteroatoms. The molecule has 4 nitrogen and oxygen atoms in total. The molecule has 2 N–H and O–H groups in total. The number of allylic oxidation sites excluding steroid dienone is 2. The number of aryl methyl sites for hydroxylation is 1. The smallest absolute Gasteiger partial charge is 0.167 e. The number of H-pyrrole nitrogens is 1. The number of Topliss-reactive ketones (excluding diaryl/α,β-unsaturated/α-hetero) is 1. The van der Waals surface area contributed by atoms with E-state index in [1.165, 1.54) is 0 Å². The number of aromatic nitrogens is 2. The van der Waals surface area contributed by atoms with Crippen molar-refractivity contribution in [2.24, 2.45) is 5.41 Å². The molecule has 0 atom stereocenters. The number of hydrogen-bond acceptors (Lipinski definition) is 4. The van der Waals surface area contributed by atoms with Crippen molar-refractivity contribution in [2.75, 3.05) is 0 Å². The predicted molar refractivity (Wildman–Crippen MR) is 137 cm³/mol. The van der Waals surface area contributed by atoms with Gasteiger partial charge in [-0.15, -0.1) is 11.3 Å². The molecule has 0 radical (unpaired) electrons. The maximum absolute atomic E-state index is 13.5. The molecule has 0 bridgehead atoms. The van der Waals surface area contributed by atoms with Gasteiger partial charge in [-0.1, -0.05) is 56.3 Å². The molecule has 164 valence electrons. The van der Waals surface area contributed by atoms with Crippen LogP contribution in [-0.4, -0.2) is 20.9 Å². The van der Waals surface area contributed by atoms with Crippen LogP contribution in [0.4, 0.5) is 0 Å². The van der Waals surface area contributed by atoms with Crippen LogP contribution in [0.1, 0.15) is 37.3 Å². The Morgan fingerprint density at radius 3 is 2.64 bits per heavy atom. The van der Waals surface area contributed by atoms with Gasteiger partial charge in [-0.25, -0.2) is 4.98 Å². The first kappa shape index (κ1) is 20.2. The Labute approximate surface area is 195 Å². The summed E-state index contributed by atoms with van der Waals surface area (Å²) in [6.07, 6.45) is 0.877. The summed E-state index contributed by atoms with van der Waals surface area (Å²) in [4.78, 5) is 21.9. The van der Waals surface area contributed by atoms with E-state index in [0.29, 0.717) is 18.4 Å². The zero-order chi connectivity index (χ0) is 22.9. The number of aliphatic hydroxyl groups excluding tert-OH is 1. The van der Waals surface area contributed by atoms with Crippen LogP contribution in [0.15, 0.2) is 60.4 Å². The van der Waals surface area contributed by atoms with E-state index in [4.69, 9.17) is 4.98 Å². The van der Waals surface area contributed by atoms with Gasteiger partial charge < -0.3 is 10.1 Å². The minimum absolute atomic E-state index is 0.0184. The number of thiazole rings is 1. The molecule has 33 heavy (non-hydrogen) atoms. The zero-order valence-electron chi connectivity index (χ0n) is 18.8. The summed E-state index contributed by atoms with van der Waals surface area (Å²) in [7, 11) is 0. The minimum Gasteiger partial charge on any atom is -0.512 e. The summed E-state index contributed by atoms with van der Waals surface area (Å²) in [6.45, 7) is 6.06. The maximum Gasteiger partial charge on any atom is 0.167 e. The SMILES string of the molecule is Cc1nc2c(ccc3[nH]c(-c4cccc5ccccc45)c(C4=C(O)CC(C)(C)CC4=O)c32)s1. The van der Waals surface area contributed by atoms with Crippen LogP contribution in [0.25, 0.3) is 48.7 Å². The summed E-state index contributed by atoms with van der Waals surface area (Å²) in [5.74, 6) is 0.151. The van der Waals surface area contributed by atoms with Crippen LogP contribution < -0.4 is 0 Å². The molecular weight excluding hydrogens is 428 g/mol. The van der Waals surface area contributed by atoms with Gasteiger partial charge in [0.05, 0.1) is 26.5 Å². The third-order valence-electron chi connectivity index (χ3n) is 6.59. The fraction of sp³-hybridized carbons (Fsp3) is 0.214. The Kier molecular flexibility index (Phi) is 4.30. The average Bonchev–Trinajstić information content (AvgIpc) is 3.32. The van der Waals surface area contributed by atoms with Crippen molar-refractivity contribution in [3.05, 3.63) is 70.9 Å². The normalized spacial score (nSPS) is 16.4. The molecular formula is C28H24N2O2S. The topological polar surface area (TPSA) is 66.0 Å². The van der Waals surface area contributed by atoms with Gasteiger partial charge in [-0.05, 0) is 35.2 Å². The standard InChI is InChI=1S/C28H24N2O2S/c1-15-29-27-22(33-15)12-11-19-23(27)25(24-20(31)13-28(2,3)14-21(24)32)26(30-19)18-10-6-8-16-7-4-5-9-17(16)18/h4-12,30-31H,13-14H2,1-3H3. The number of hydrogen-bond donors (Lipinski definition) is 2. The lowest BCUT2D eigenvalue weighted by Gasteiger charge is -2.30. The fourth-order valence-electron chi connectivity index (χ4n) is 5.25. The highest BCUT2D eigenvalue weighted by Crippen LogP contribution is 2.47. The molecule has 2 aromatic heterocycles. The summed E-state index contributed by atoms with van der Waals surface area (Å²) in [5, 5.41) is 15.3. The van der Waals surface area contributed by atoms with Crippen LogP contribution in [0.2, 0.25) is 0 Å². The first-order valence-corrected chi connectivity index (χ1v) is 12.0. The molecule has 0 aliphatic heterocycles. The molecule has 0 saturated carbocycles. The number of nitrogens with zero attached hydrogens (tertiary/aromatic N) is 1. The number of rotatable bonds is 2. The molecule has 0 saturated heterocycles. The lowest BCUT2D eigenvalue weighted by atomic mass is 9.74. The fourth-order valence-corrected chi connectivity index (χ4v) is 6.09. The zero-order valence-corrected chi connectivity index (χ0v) is 19.6. The van der Waals surface area contributed by atoms with Gasteiger partial charge in [0, 0.05) is 34.9 Å². The van der Waals surface area contributed by atoms with Crippen LogP contribution in [0.3, 0.4) is 0 Å². The van der Waals surface area contributed by atoms with Crippen molar-refractivity contribution < 1.29 is 9.90 Å². The van der Waals surface area contributed by atoms with Crippen molar-refractivity contribution in [2.45, 2.75) is 33.6 Å². The van der Waals surface area contributed by atoms with E-state index in [9.17, 15) is 9.90 Å². The average molecular weight is 453 g/mol. The summed E-state index contributed by atoms with van der Waals surface area (Å²) >= 11 is 1.64. The Bertz CT molecular complexity index is 1630. The quantitative estimate of drug-likeness (QED) is 0.290. The third-order valence-corrected chi connectivity index (χ3v) is 7.53. The molecule has 5 aromatic rings. The van der Waals surface area contributed by atoms with Gasteiger partial charge >= 0.3 is 0 Å². The van der Waals surface area contributed by atoms with E-state index in [0.717, 1.165) is 53.7 Å². The van der Waals surface area contributed by atoms with Crippen molar-refractivity contribution in [3.8, 4) is 11.3 Å². The lowest BCUT2D eigenvalue weighted by molar-refractivity contribution is -0.116. The Hall–Kier alpha value is -3.44. The van der Waals surface area contributed by atoms with E-state index < -0.39 is 0 Å². The molecule has 0 spiro atoms. The van der Waals surface area contributed by atoms with Crippen molar-refractivity contribution >= 4 is 54.6 Å². The molecule has 3 aromatic carbocycles. The van der Waals surface area contributed by atoms with Crippen LogP contribution in [0.5, 0.6) is 0 Å². The van der Waals surface area contributed by atoms with Crippen LogP contribution in [0, 0.1) is 12.3 Å². The first-order chi connectivity index (χ1) is 15.8. The summed E-state index contributed by atoms with van der Waals surface area (Å²) < 4.78 is 1.08. The number of fused-ring (bicyclic) bond motifs is 4. The number of nitrogens with one attached hydrogen (secondary N) is 1. The minimum atomic E-state index is -0.261. The Balaban J connectivity index is 1.78. The first-order valence-electron chi connectivity index (χ1n) is 11.2. The molecule has 0 amide bonds. The Morgan fingerprint density at radius 2 is 1.82 bits per heavy atom. The summed E-state index contributed by atoms with van der Waals surface area (Å²) in [6, 6.07) is 18.6. The number of ketones is 1. The highest BCUT2D eigenvalue weighted by atomic mass is 32.1. The number of aliphatic hydroxyl groups is 1. The van der Waals surface area contributed by atoms with Crippen LogP contribution >= 0.6 is 11.3 Å². The van der Waals surface area contributed by atoms with Crippen LogP contribution in [-0.2, 0) is 4.79 Å². The monoisotopic (exact) mass is 452 g/mol. The van der Waals surface area contributed by atoms with Gasteiger partial charge in [-0.3, -0.25) is 4.79 Å². The second kappa shape index (κ2) is 7.03. The second-order valence-electron chi connectivity index (χ2n) is 9.73. The Morgan fingerprint density at radius 1 is 1.03 bits per heavy atom. The predicted octanol–water partition coefficient (Wildman–Crippen LogP) is 7.56. The second-order valence-corrected chi connectivity index (χ2v) is 11.0. The molecule has 0 unspecified atom stereocenters. The van der Waals surface area contributed by atoms with E-state index in [1.54, 1.807) is 11.3 Å². The van der Waals surface area contributed by atoms with E-state index in [-0.39, 0.29) is 17.0 Å². The number of aromatic amines is 1. The molecule has 1 aliphatic carbocycles. The molecule has 0 fully saturated rings. The summed E-state index contributed by atoms with van der Waals surface area (Å²) in [5.41, 5.74) is 4.61. The highest BCUT2D eigenvalue weighted by molar-refractivity contribution is 7.18. The number of benzene rings is 3. The third kappa shape index (κ3) is 3.10. The largest absolute Gasteiger partial charge is 0.512 e. The molecule has 1 aliphatic rings. The van der Waals surface area contributed by atoms with E-state index in [1.807, 2.05) is 39.0 Å². The molecule has 2 heterocycles. The van der Waals surface area contributed by atoms with E-state index in [2.05, 4.69) is 41.4 Å². The number of carbonyl (C=O) groups excluding carboxylic acids is 1. The van der Waals surface area contributed by atoms with Crippen molar-refractivity contribution in [1.82, 2.24) is 9.97 Å². The van der Waals surface area contributed by atoms with Gasteiger partial charge in [0.25, 0.3) is 0 Å². The van der Waals surface area contributed by atoms with E-state index >= 15 is 0 Å². The van der Waals surface area contributed by atoms with Gasteiger partial charge in [-0.2, -0.15) is 0 Å². The lowest BCUT2D eigenvalue weighted by Crippen LogP contribution is -2.25. The van der Waals surface area contributed by atoms with Gasteiger partial charge in [0.2, 0.25) is 0 Å². The maximum atomic E-state index is 13.5. The van der Waals surface area contributed by atoms with Crippen molar-refractivity contribution in [3.63, 3.8) is 0 Å².